The third kappa shape index (κ3) is 4.31. The lowest BCUT2D eigenvalue weighted by Crippen LogP contribution is -2.48. The van der Waals surface area contributed by atoms with E-state index in [1.165, 1.54) is 17.7 Å². The molecule has 3 aromatic heterocycles. The van der Waals surface area contributed by atoms with Crippen LogP contribution in [0.15, 0.2) is 68.4 Å². The fourth-order valence-electron chi connectivity index (χ4n) is 4.55. The van der Waals surface area contributed by atoms with Crippen molar-refractivity contribution in [1.29, 1.82) is 0 Å². The van der Waals surface area contributed by atoms with Gasteiger partial charge in [0.2, 0.25) is 17.5 Å². The summed E-state index contributed by atoms with van der Waals surface area (Å²) in [4.78, 5) is 37.4. The Morgan fingerprint density at radius 1 is 1.10 bits per heavy atom. The van der Waals surface area contributed by atoms with Crippen LogP contribution in [0.25, 0.3) is 28.1 Å². The molecular formula is C27H23ClN6O6. The predicted molar refractivity (Wildman–Crippen MR) is 143 cm³/mol. The molecule has 0 radical (unpaired) electrons. The summed E-state index contributed by atoms with van der Waals surface area (Å²) < 4.78 is 18.0. The molecule has 0 aliphatic heterocycles. The molecule has 0 saturated heterocycles. The first-order chi connectivity index (χ1) is 19.3. The number of halogens is 1. The molecule has 1 saturated carbocycles. The van der Waals surface area contributed by atoms with E-state index >= 15 is 0 Å². The Morgan fingerprint density at radius 2 is 1.85 bits per heavy atom. The first-order valence-electron chi connectivity index (χ1n) is 12.3. The van der Waals surface area contributed by atoms with Crippen molar-refractivity contribution in [3.8, 4) is 23.1 Å². The molecule has 1 aliphatic carbocycles. The van der Waals surface area contributed by atoms with E-state index < -0.39 is 17.2 Å². The number of hydrogen-bond acceptors (Lipinski definition) is 8. The summed E-state index contributed by atoms with van der Waals surface area (Å²) in [5, 5.41) is 14.4. The molecule has 5 aromatic rings. The van der Waals surface area contributed by atoms with E-state index in [0.29, 0.717) is 29.4 Å². The molecule has 204 valence electrons. The second-order valence-electron chi connectivity index (χ2n) is 9.47. The van der Waals surface area contributed by atoms with Gasteiger partial charge in [-0.2, -0.15) is 0 Å². The van der Waals surface area contributed by atoms with Crippen LogP contribution in [0.3, 0.4) is 0 Å². The largest absolute Gasteiger partial charge is 0.479 e. The van der Waals surface area contributed by atoms with Crippen molar-refractivity contribution in [2.75, 3.05) is 7.11 Å². The maximum atomic E-state index is 12.9. The average Bonchev–Trinajstić information content (AvgIpc) is 3.31. The van der Waals surface area contributed by atoms with E-state index in [4.69, 9.17) is 25.4 Å². The third-order valence-corrected chi connectivity index (χ3v) is 7.32. The molecule has 13 heteroatoms. The highest BCUT2D eigenvalue weighted by atomic mass is 35.5. The summed E-state index contributed by atoms with van der Waals surface area (Å²) in [6.07, 6.45) is 1.03. The van der Waals surface area contributed by atoms with Crippen LogP contribution >= 0.6 is 11.6 Å². The Labute approximate surface area is 231 Å². The lowest BCUT2D eigenvalue weighted by Gasteiger charge is -2.16. The Bertz CT molecular complexity index is 1810. The van der Waals surface area contributed by atoms with E-state index in [2.05, 4.69) is 20.9 Å². The monoisotopic (exact) mass is 562 g/mol. The molecule has 0 bridgehead atoms. The van der Waals surface area contributed by atoms with Crippen LogP contribution in [0, 0.1) is 0 Å². The Morgan fingerprint density at radius 3 is 2.50 bits per heavy atom. The van der Waals surface area contributed by atoms with Gasteiger partial charge in [-0.15, -0.1) is 0 Å². The van der Waals surface area contributed by atoms with Gasteiger partial charge in [-0.05, 0) is 41.8 Å². The van der Waals surface area contributed by atoms with Gasteiger partial charge in [0.25, 0.3) is 11.8 Å². The summed E-state index contributed by atoms with van der Waals surface area (Å²) in [5.41, 5.74) is 1.98. The Kier molecular flexibility index (Phi) is 6.18. The van der Waals surface area contributed by atoms with Gasteiger partial charge in [-0.1, -0.05) is 47.1 Å². The zero-order chi connectivity index (χ0) is 28.0. The van der Waals surface area contributed by atoms with Crippen molar-refractivity contribution in [2.45, 2.75) is 24.9 Å². The highest BCUT2D eigenvalue weighted by Gasteiger charge is 2.51. The number of methoxy groups -OCH3 is 1. The van der Waals surface area contributed by atoms with Gasteiger partial charge >= 0.3 is 5.76 Å². The summed E-state index contributed by atoms with van der Waals surface area (Å²) >= 11 is 6.77. The van der Waals surface area contributed by atoms with E-state index in [-0.39, 0.29) is 24.1 Å². The molecule has 2 aromatic carbocycles. The molecule has 3 heterocycles. The molecule has 40 heavy (non-hydrogen) atoms. The maximum Gasteiger partial charge on any atom is 0.441 e. The highest BCUT2D eigenvalue weighted by Crippen LogP contribution is 2.39. The first kappa shape index (κ1) is 25.4. The number of nitrogens with one attached hydrogen (secondary N) is 2. The number of hydrogen-bond donors (Lipinski definition) is 2. The number of aromatic nitrogens is 4. The minimum Gasteiger partial charge on any atom is -0.479 e. The standard InChI is InChI=1S/C27H23ClN6O6/c1-33-23(32-40-26(33)37)22-21(28)17-5-3-4-6-18(17)34(22)16-9-7-15(8-10-16)14-29-25(36)27(11-12-27)30-24(35)19-13-20(38-2)31-39-19/h3-10,13H,11-12,14H2,1-2H3,(H,29,36)(H,30,35). The van der Waals surface area contributed by atoms with Crippen LogP contribution < -0.4 is 21.1 Å². The quantitative estimate of drug-likeness (QED) is 0.293. The van der Waals surface area contributed by atoms with Crippen molar-refractivity contribution in [1.82, 2.24) is 30.1 Å². The van der Waals surface area contributed by atoms with Gasteiger partial charge in [0.1, 0.15) is 11.2 Å². The molecule has 12 nitrogen and oxygen atoms in total. The van der Waals surface area contributed by atoms with Gasteiger partial charge in [0, 0.05) is 24.7 Å². The molecule has 1 aliphatic rings. The fraction of sp³-hybridized carbons (Fsp3) is 0.222. The number of rotatable bonds is 8. The smallest absolute Gasteiger partial charge is 0.441 e. The molecule has 0 unspecified atom stereocenters. The lowest BCUT2D eigenvalue weighted by atomic mass is 10.1. The Hall–Kier alpha value is -4.84. The van der Waals surface area contributed by atoms with E-state index in [9.17, 15) is 14.4 Å². The van der Waals surface area contributed by atoms with Crippen LogP contribution in [0.1, 0.15) is 29.0 Å². The number of para-hydroxylation sites is 1. The normalized spacial score (nSPS) is 13.8. The van der Waals surface area contributed by atoms with E-state index in [1.807, 2.05) is 53.1 Å². The molecule has 0 atom stereocenters. The SMILES string of the molecule is COc1cc(C(=O)NC2(C(=O)NCc3ccc(-n4c(-c5noc(=O)n5C)c(Cl)c5ccccc54)cc3)CC2)on1. The van der Waals surface area contributed by atoms with Crippen LogP contribution in [0.4, 0.5) is 0 Å². The van der Waals surface area contributed by atoms with Gasteiger partial charge < -0.3 is 24.5 Å². The molecular weight excluding hydrogens is 540 g/mol. The zero-order valence-corrected chi connectivity index (χ0v) is 22.2. The van der Waals surface area contributed by atoms with Crippen molar-refractivity contribution < 1.29 is 23.4 Å². The van der Waals surface area contributed by atoms with Gasteiger partial charge in [0.15, 0.2) is 0 Å². The van der Waals surface area contributed by atoms with Crippen molar-refractivity contribution in [2.24, 2.45) is 7.05 Å². The minimum atomic E-state index is -0.986. The molecule has 2 amide bonds. The third-order valence-electron chi connectivity index (χ3n) is 6.93. The number of fused-ring (bicyclic) bond motifs is 1. The predicted octanol–water partition coefficient (Wildman–Crippen LogP) is 3.21. The lowest BCUT2D eigenvalue weighted by molar-refractivity contribution is -0.124. The molecule has 0 spiro atoms. The van der Waals surface area contributed by atoms with E-state index in [1.54, 1.807) is 7.05 Å². The minimum absolute atomic E-state index is 0.0331. The highest BCUT2D eigenvalue weighted by molar-refractivity contribution is 6.38. The maximum absolute atomic E-state index is 12.9. The summed E-state index contributed by atoms with van der Waals surface area (Å²) in [6, 6.07) is 16.5. The van der Waals surface area contributed by atoms with Crippen LogP contribution in [-0.2, 0) is 18.4 Å². The molecule has 2 N–H and O–H groups in total. The number of nitrogens with zero attached hydrogens (tertiary/aromatic N) is 4. The van der Waals surface area contributed by atoms with Crippen molar-refractivity contribution in [3.05, 3.63) is 81.5 Å². The van der Waals surface area contributed by atoms with Crippen molar-refractivity contribution in [3.63, 3.8) is 0 Å². The molecule has 1 fully saturated rings. The van der Waals surface area contributed by atoms with Crippen LogP contribution in [0.2, 0.25) is 5.02 Å². The van der Waals surface area contributed by atoms with Crippen molar-refractivity contribution >= 4 is 34.3 Å². The summed E-state index contributed by atoms with van der Waals surface area (Å²) in [6.45, 7) is 0.255. The number of amides is 2. The average molecular weight is 563 g/mol. The number of benzene rings is 2. The first-order valence-corrected chi connectivity index (χ1v) is 12.7. The van der Waals surface area contributed by atoms with Crippen LogP contribution in [0.5, 0.6) is 5.88 Å². The number of carbonyl (C=O) groups excluding carboxylic acids is 2. The topological polar surface area (TPSA) is 146 Å². The fourth-order valence-corrected chi connectivity index (χ4v) is 4.88. The zero-order valence-electron chi connectivity index (χ0n) is 21.4. The van der Waals surface area contributed by atoms with Gasteiger partial charge in [-0.25, -0.2) is 4.79 Å². The van der Waals surface area contributed by atoms with E-state index in [0.717, 1.165) is 22.2 Å². The van der Waals surface area contributed by atoms with Crippen LogP contribution in [-0.4, -0.2) is 43.9 Å². The molecule has 6 rings (SSSR count). The Balaban J connectivity index is 1.21. The second-order valence-corrected chi connectivity index (χ2v) is 9.84. The number of carbonyl (C=O) groups is 2. The van der Waals surface area contributed by atoms with Gasteiger partial charge in [-0.3, -0.25) is 18.7 Å². The summed E-state index contributed by atoms with van der Waals surface area (Å²) in [5.74, 6) is -0.980. The van der Waals surface area contributed by atoms with Gasteiger partial charge in [0.05, 0.1) is 23.7 Å². The number of ether oxygens (including phenoxy) is 1. The second kappa shape index (κ2) is 9.72. The summed E-state index contributed by atoms with van der Waals surface area (Å²) in [7, 11) is 2.98.